The fraction of sp³-hybridized carbons (Fsp3) is 0.176. The maximum atomic E-state index is 12.2. The molecule has 0 aliphatic heterocycles. The second kappa shape index (κ2) is 8.73. The molecule has 0 fully saturated rings. The van der Waals surface area contributed by atoms with Gasteiger partial charge in [-0.15, -0.1) is 0 Å². The third-order valence-electron chi connectivity index (χ3n) is 3.65. The van der Waals surface area contributed by atoms with Crippen LogP contribution in [-0.2, 0) is 14.3 Å². The van der Waals surface area contributed by atoms with E-state index < -0.39 is 23.9 Å². The predicted octanol–water partition coefficient (Wildman–Crippen LogP) is 1.26. The fourth-order valence-corrected chi connectivity index (χ4v) is 2.90. The third kappa shape index (κ3) is 4.60. The van der Waals surface area contributed by atoms with Crippen molar-refractivity contribution in [2.75, 3.05) is 11.9 Å². The Morgan fingerprint density at radius 1 is 1.21 bits per heavy atom. The molecule has 11 heteroatoms. The number of halogens is 1. The number of amides is 2. The Balaban J connectivity index is 1.52. The van der Waals surface area contributed by atoms with Gasteiger partial charge in [0.2, 0.25) is 0 Å². The molecule has 3 aromatic rings. The van der Waals surface area contributed by atoms with Crippen LogP contribution in [0.2, 0.25) is 0 Å². The van der Waals surface area contributed by atoms with Crippen molar-refractivity contribution in [3.05, 3.63) is 46.1 Å². The summed E-state index contributed by atoms with van der Waals surface area (Å²) in [5.74, 6) is -1.49. The number of fused-ring (bicyclic) bond motifs is 1. The Labute approximate surface area is 172 Å². The predicted molar refractivity (Wildman–Crippen MR) is 107 cm³/mol. The van der Waals surface area contributed by atoms with Gasteiger partial charge in [-0.1, -0.05) is 12.1 Å². The number of esters is 1. The molecule has 0 saturated carbocycles. The maximum Gasteiger partial charge on any atom is 0.326 e. The molecule has 3 N–H and O–H groups in total. The number of carbonyl (C=O) groups is 3. The Hall–Kier alpha value is -3.09. The van der Waals surface area contributed by atoms with Crippen molar-refractivity contribution in [1.29, 1.82) is 0 Å². The molecule has 0 saturated heterocycles. The summed E-state index contributed by atoms with van der Waals surface area (Å²) in [6.07, 6.45) is 1.60. The Bertz CT molecular complexity index is 1040. The van der Waals surface area contributed by atoms with Gasteiger partial charge in [-0.2, -0.15) is 0 Å². The van der Waals surface area contributed by atoms with Crippen LogP contribution in [0.5, 0.6) is 0 Å². The van der Waals surface area contributed by atoms with Gasteiger partial charge in [0.05, 0.1) is 11.9 Å². The highest BCUT2D eigenvalue weighted by atomic mass is 127. The topological polar surface area (TPSA) is 139 Å². The lowest BCUT2D eigenvalue weighted by Gasteiger charge is -2.13. The third-order valence-corrected chi connectivity index (χ3v) is 4.59. The van der Waals surface area contributed by atoms with E-state index >= 15 is 0 Å². The molecule has 0 aliphatic carbocycles. The number of rotatable bonds is 6. The number of imidazole rings is 1. The first-order valence-corrected chi connectivity index (χ1v) is 9.20. The monoisotopic (exact) mass is 494 g/mol. The summed E-state index contributed by atoms with van der Waals surface area (Å²) in [5, 5.41) is 5.02. The molecule has 1 aromatic carbocycles. The molecule has 10 nitrogen and oxygen atoms in total. The van der Waals surface area contributed by atoms with Crippen LogP contribution in [0.25, 0.3) is 11.2 Å². The van der Waals surface area contributed by atoms with Crippen molar-refractivity contribution < 1.29 is 19.1 Å². The highest BCUT2D eigenvalue weighted by Crippen LogP contribution is 2.15. The minimum atomic E-state index is -1.09. The van der Waals surface area contributed by atoms with Crippen molar-refractivity contribution in [2.45, 2.75) is 13.0 Å². The largest absolute Gasteiger partial charge is 0.451 e. The van der Waals surface area contributed by atoms with Crippen molar-refractivity contribution >= 4 is 57.4 Å². The number of nitrogens with one attached hydrogen (secondary N) is 3. The van der Waals surface area contributed by atoms with Crippen LogP contribution >= 0.6 is 22.6 Å². The average Bonchev–Trinajstić information content (AvgIpc) is 3.16. The van der Waals surface area contributed by atoms with Crippen molar-refractivity contribution in [1.82, 2.24) is 25.3 Å². The van der Waals surface area contributed by atoms with Gasteiger partial charge in [-0.05, 0) is 41.6 Å². The van der Waals surface area contributed by atoms with Crippen molar-refractivity contribution in [3.63, 3.8) is 0 Å². The van der Waals surface area contributed by atoms with Crippen LogP contribution in [0.3, 0.4) is 0 Å². The van der Waals surface area contributed by atoms with E-state index in [2.05, 4.69) is 30.6 Å². The molecular formula is C17H15IN6O4. The van der Waals surface area contributed by atoms with Gasteiger partial charge in [-0.25, -0.2) is 15.0 Å². The van der Waals surface area contributed by atoms with Gasteiger partial charge in [-0.3, -0.25) is 14.4 Å². The zero-order chi connectivity index (χ0) is 20.1. The van der Waals surface area contributed by atoms with Crippen molar-refractivity contribution in [3.8, 4) is 0 Å². The van der Waals surface area contributed by atoms with E-state index in [1.54, 1.807) is 18.2 Å². The molecule has 0 radical (unpaired) electrons. The summed E-state index contributed by atoms with van der Waals surface area (Å²) in [7, 11) is 0. The van der Waals surface area contributed by atoms with Crippen LogP contribution in [0.1, 0.15) is 17.3 Å². The highest BCUT2D eigenvalue weighted by Gasteiger charge is 2.20. The summed E-state index contributed by atoms with van der Waals surface area (Å²) >= 11 is 2.03. The number of nitrogens with zero attached hydrogens (tertiary/aromatic N) is 3. The average molecular weight is 494 g/mol. The lowest BCUT2D eigenvalue weighted by atomic mass is 10.2. The van der Waals surface area contributed by atoms with Gasteiger partial charge in [0.25, 0.3) is 11.8 Å². The zero-order valence-corrected chi connectivity index (χ0v) is 16.8. The Kier molecular flexibility index (Phi) is 6.13. The minimum Gasteiger partial charge on any atom is -0.451 e. The standard InChI is InChI=1S/C17H15IN6O4/c1-9(16(26)24-15-13-14(21-7-20-13)22-8-23-15)28-12(25)6-19-17(27)10-4-2-3-5-11(10)18/h2-5,7-9H,6H2,1H3,(H,19,27)(H2,20,21,22,23,24,26). The molecule has 0 bridgehead atoms. The summed E-state index contributed by atoms with van der Waals surface area (Å²) in [6, 6.07) is 6.97. The first kappa shape index (κ1) is 19.7. The van der Waals surface area contributed by atoms with E-state index in [0.717, 1.165) is 3.57 Å². The highest BCUT2D eigenvalue weighted by molar-refractivity contribution is 14.1. The number of carbonyl (C=O) groups excluding carboxylic acids is 3. The number of aromatic nitrogens is 4. The lowest BCUT2D eigenvalue weighted by Crippen LogP contribution is -2.36. The Morgan fingerprint density at radius 2 is 2.00 bits per heavy atom. The number of hydrogen-bond donors (Lipinski definition) is 3. The number of aromatic amines is 1. The van der Waals surface area contributed by atoms with Gasteiger partial charge in [0.15, 0.2) is 17.6 Å². The van der Waals surface area contributed by atoms with Crippen LogP contribution < -0.4 is 10.6 Å². The second-order valence-corrected chi connectivity index (χ2v) is 6.77. The molecule has 2 amide bonds. The van der Waals surface area contributed by atoms with E-state index in [1.807, 2.05) is 28.7 Å². The van der Waals surface area contributed by atoms with E-state index in [-0.39, 0.29) is 12.4 Å². The number of benzene rings is 1. The number of hydrogen-bond acceptors (Lipinski definition) is 7. The molecule has 144 valence electrons. The first-order chi connectivity index (χ1) is 13.5. The van der Waals surface area contributed by atoms with Crippen LogP contribution in [-0.4, -0.2) is 50.4 Å². The molecule has 3 rings (SSSR count). The quantitative estimate of drug-likeness (QED) is 0.347. The molecule has 2 aromatic heterocycles. The summed E-state index contributed by atoms with van der Waals surface area (Å²) in [4.78, 5) is 51.0. The zero-order valence-electron chi connectivity index (χ0n) is 14.6. The molecule has 2 heterocycles. The van der Waals surface area contributed by atoms with Gasteiger partial charge >= 0.3 is 5.97 Å². The molecule has 1 unspecified atom stereocenters. The fourth-order valence-electron chi connectivity index (χ4n) is 2.26. The lowest BCUT2D eigenvalue weighted by molar-refractivity contribution is -0.152. The maximum absolute atomic E-state index is 12.2. The first-order valence-electron chi connectivity index (χ1n) is 8.13. The van der Waals surface area contributed by atoms with Crippen LogP contribution in [0, 0.1) is 3.57 Å². The number of H-pyrrole nitrogens is 1. The molecule has 0 aliphatic rings. The van der Waals surface area contributed by atoms with E-state index in [0.29, 0.717) is 16.7 Å². The summed E-state index contributed by atoms with van der Waals surface area (Å²) in [6.45, 7) is 1.06. The molecule has 0 spiro atoms. The van der Waals surface area contributed by atoms with Crippen LogP contribution in [0.15, 0.2) is 36.9 Å². The Morgan fingerprint density at radius 3 is 2.79 bits per heavy atom. The summed E-state index contributed by atoms with van der Waals surface area (Å²) < 4.78 is 5.82. The van der Waals surface area contributed by atoms with Gasteiger partial charge in [0, 0.05) is 3.57 Å². The number of anilines is 1. The van der Waals surface area contributed by atoms with E-state index in [9.17, 15) is 14.4 Å². The molecule has 1 atom stereocenters. The molecular weight excluding hydrogens is 479 g/mol. The van der Waals surface area contributed by atoms with Gasteiger partial charge < -0.3 is 20.4 Å². The SMILES string of the molecule is CC(OC(=O)CNC(=O)c1ccccc1I)C(=O)Nc1ncnc2nc[nH]c12. The van der Waals surface area contributed by atoms with E-state index in [1.165, 1.54) is 19.6 Å². The minimum absolute atomic E-state index is 0.224. The second-order valence-electron chi connectivity index (χ2n) is 5.61. The van der Waals surface area contributed by atoms with Gasteiger partial charge in [0.1, 0.15) is 18.4 Å². The number of ether oxygens (including phenoxy) is 1. The normalized spacial score (nSPS) is 11.6. The van der Waals surface area contributed by atoms with E-state index in [4.69, 9.17) is 4.74 Å². The smallest absolute Gasteiger partial charge is 0.326 e. The summed E-state index contributed by atoms with van der Waals surface area (Å²) in [5.41, 5.74) is 1.31. The van der Waals surface area contributed by atoms with Crippen molar-refractivity contribution in [2.24, 2.45) is 0 Å². The molecule has 28 heavy (non-hydrogen) atoms. The van der Waals surface area contributed by atoms with Crippen LogP contribution in [0.4, 0.5) is 5.82 Å².